The number of aromatic nitrogens is 1. The molecular weight excluding hydrogens is 641 g/mol. The van der Waals surface area contributed by atoms with E-state index < -0.39 is 11.0 Å². The van der Waals surface area contributed by atoms with Crippen molar-refractivity contribution in [3.8, 4) is 11.8 Å². The predicted molar refractivity (Wildman–Crippen MR) is 156 cm³/mol. The van der Waals surface area contributed by atoms with E-state index in [1.165, 1.54) is 0 Å². The summed E-state index contributed by atoms with van der Waals surface area (Å²) in [7, 11) is -1.20. The SMILES string of the molecule is Cc1cc(S(=O)N2CCC2)c2c(c1)cc(C#N)n2SOI.O=CNc1ccc2c(c1)OCCN2C1COC1. The number of amides is 1. The average Bonchev–Trinajstić information content (AvgIpc) is 3.19. The molecule has 1 amide bonds. The number of nitrogens with one attached hydrogen (secondary N) is 1. The number of hydrogen-bond donors (Lipinski definition) is 1. The number of carbonyl (C=O) groups is 1. The zero-order valence-electron chi connectivity index (χ0n) is 20.6. The van der Waals surface area contributed by atoms with Crippen molar-refractivity contribution in [1.82, 2.24) is 8.28 Å². The van der Waals surface area contributed by atoms with Crippen molar-refractivity contribution in [3.05, 3.63) is 47.7 Å². The van der Waals surface area contributed by atoms with Gasteiger partial charge in [0.1, 0.15) is 70.3 Å². The van der Waals surface area contributed by atoms with Crippen LogP contribution in [0.15, 0.2) is 41.3 Å². The Balaban J connectivity index is 0.000000158. The van der Waals surface area contributed by atoms with Gasteiger partial charge >= 0.3 is 0 Å². The predicted octanol–water partition coefficient (Wildman–Crippen LogP) is 4.18. The number of ether oxygens (including phenoxy) is 2. The largest absolute Gasteiger partial charge is 0.489 e. The van der Waals surface area contributed by atoms with Crippen LogP contribution in [0, 0.1) is 18.3 Å². The summed E-state index contributed by atoms with van der Waals surface area (Å²) in [5, 5.41) is 12.8. The van der Waals surface area contributed by atoms with E-state index in [0.29, 0.717) is 24.8 Å². The summed E-state index contributed by atoms with van der Waals surface area (Å²) in [5.74, 6) is 0.829. The minimum absolute atomic E-state index is 0.461. The standard InChI is InChI=1S/C13H12IN3O2S2.C12H14N2O3/c1-9-5-10-7-11(8-15)17(20-19-14)13(10)12(6-9)21(18)16-3-2-4-16;15-8-13-9-1-2-11-12(5-9)17-4-3-14(11)10-6-16-7-10/h5-7H,2-4H2,1H3;1-2,5,8,10H,3-4,6-7H2,(H,13,15). The van der Waals surface area contributed by atoms with Gasteiger partial charge in [-0.2, -0.15) is 5.26 Å². The lowest BCUT2D eigenvalue weighted by atomic mass is 10.1. The van der Waals surface area contributed by atoms with Gasteiger partial charge in [-0.3, -0.25) is 4.79 Å². The summed E-state index contributed by atoms with van der Waals surface area (Å²) < 4.78 is 32.3. The molecule has 0 bridgehead atoms. The molecule has 0 aliphatic carbocycles. The van der Waals surface area contributed by atoms with Crippen LogP contribution in [0.3, 0.4) is 0 Å². The molecule has 2 saturated heterocycles. The van der Waals surface area contributed by atoms with E-state index in [1.807, 2.05) is 47.6 Å². The molecule has 3 aromatic rings. The Bertz CT molecular complexity index is 1400. The number of halogens is 1. The maximum absolute atomic E-state index is 12.7. The quantitative estimate of drug-likeness (QED) is 0.227. The fraction of sp³-hybridized carbons (Fsp3) is 0.360. The number of nitriles is 1. The molecule has 0 radical (unpaired) electrons. The highest BCUT2D eigenvalue weighted by molar-refractivity contribution is 14.1. The number of nitrogens with zero attached hydrogens (tertiary/aromatic N) is 4. The first-order valence-corrected chi connectivity index (χ1v) is 14.7. The van der Waals surface area contributed by atoms with Gasteiger partial charge in [-0.25, -0.2) is 15.0 Å². The molecule has 1 aromatic heterocycles. The fourth-order valence-electron chi connectivity index (χ4n) is 4.52. The van der Waals surface area contributed by atoms with Crippen LogP contribution in [0.4, 0.5) is 11.4 Å². The molecular formula is C25H26IN5O5S2. The number of hydrogen-bond acceptors (Lipinski definition) is 8. The summed E-state index contributed by atoms with van der Waals surface area (Å²) in [6.07, 6.45) is 1.75. The van der Waals surface area contributed by atoms with Crippen molar-refractivity contribution in [1.29, 1.82) is 5.26 Å². The third-order valence-electron chi connectivity index (χ3n) is 6.56. The molecule has 13 heteroatoms. The van der Waals surface area contributed by atoms with Crippen molar-refractivity contribution in [3.63, 3.8) is 0 Å². The smallest absolute Gasteiger partial charge is 0.211 e. The number of rotatable bonds is 7. The normalized spacial score (nSPS) is 17.7. The van der Waals surface area contributed by atoms with E-state index in [9.17, 15) is 14.3 Å². The number of carbonyl (C=O) groups excluding carboxylic acids is 1. The maximum Gasteiger partial charge on any atom is 0.211 e. The highest BCUT2D eigenvalue weighted by Crippen LogP contribution is 2.36. The first kappa shape index (κ1) is 27.2. The third kappa shape index (κ3) is 5.51. The lowest BCUT2D eigenvalue weighted by molar-refractivity contribution is -0.105. The van der Waals surface area contributed by atoms with Gasteiger partial charge in [0.25, 0.3) is 0 Å². The van der Waals surface area contributed by atoms with Crippen LogP contribution >= 0.6 is 35.2 Å². The summed E-state index contributed by atoms with van der Waals surface area (Å²) >= 11 is 2.83. The van der Waals surface area contributed by atoms with Gasteiger partial charge < -0.3 is 19.7 Å². The number of aryl methyl sites for hydroxylation is 1. The van der Waals surface area contributed by atoms with Crippen molar-refractivity contribution < 1.29 is 21.0 Å². The number of anilines is 2. The van der Waals surface area contributed by atoms with E-state index >= 15 is 0 Å². The van der Waals surface area contributed by atoms with E-state index in [0.717, 1.165) is 90.0 Å². The molecule has 0 saturated carbocycles. The summed E-state index contributed by atoms with van der Waals surface area (Å²) in [4.78, 5) is 13.4. The van der Waals surface area contributed by atoms with Gasteiger partial charge in [-0.05, 0) is 49.2 Å². The molecule has 1 N–H and O–H groups in total. The fourth-order valence-corrected chi connectivity index (χ4v) is 7.09. The lowest BCUT2D eigenvalue weighted by Gasteiger charge is -2.41. The third-order valence-corrected chi connectivity index (χ3v) is 9.15. The van der Waals surface area contributed by atoms with Gasteiger partial charge in [0.2, 0.25) is 6.41 Å². The molecule has 10 nitrogen and oxygen atoms in total. The maximum atomic E-state index is 12.7. The van der Waals surface area contributed by atoms with Crippen molar-refractivity contribution >= 4 is 74.9 Å². The van der Waals surface area contributed by atoms with Crippen molar-refractivity contribution in [2.24, 2.45) is 0 Å². The van der Waals surface area contributed by atoms with E-state index in [2.05, 4.69) is 16.3 Å². The molecule has 1 unspecified atom stereocenters. The molecule has 2 fully saturated rings. The Hall–Kier alpha value is -2.35. The highest BCUT2D eigenvalue weighted by Gasteiger charge is 2.30. The zero-order chi connectivity index (χ0) is 26.6. The Morgan fingerprint density at radius 1 is 1.24 bits per heavy atom. The number of benzene rings is 2. The van der Waals surface area contributed by atoms with Crippen LogP contribution in [-0.2, 0) is 23.0 Å². The molecule has 38 heavy (non-hydrogen) atoms. The van der Waals surface area contributed by atoms with Crippen LogP contribution in [0.5, 0.6) is 5.75 Å². The monoisotopic (exact) mass is 667 g/mol. The Kier molecular flexibility index (Phi) is 8.76. The van der Waals surface area contributed by atoms with Gasteiger partial charge in [0, 0.05) is 30.2 Å². The Morgan fingerprint density at radius 2 is 2.05 bits per heavy atom. The molecule has 4 heterocycles. The van der Waals surface area contributed by atoms with Gasteiger partial charge in [-0.15, -0.1) is 0 Å². The second kappa shape index (κ2) is 12.2. The van der Waals surface area contributed by atoms with Crippen molar-refractivity contribution in [2.75, 3.05) is 49.7 Å². The molecule has 6 rings (SSSR count). The van der Waals surface area contributed by atoms with Gasteiger partial charge in [0.05, 0.1) is 41.9 Å². The second-order valence-corrected chi connectivity index (χ2v) is 12.2. The Labute approximate surface area is 241 Å². The topological polar surface area (TPSA) is 109 Å². The molecule has 1 atom stereocenters. The van der Waals surface area contributed by atoms with Crippen LogP contribution in [0.1, 0.15) is 17.7 Å². The van der Waals surface area contributed by atoms with E-state index in [1.54, 1.807) is 27.0 Å². The van der Waals surface area contributed by atoms with E-state index in [-0.39, 0.29) is 0 Å². The summed E-state index contributed by atoms with van der Waals surface area (Å²) in [6, 6.07) is 14.1. The average molecular weight is 668 g/mol. The van der Waals surface area contributed by atoms with Gasteiger partial charge in [-0.1, -0.05) is 0 Å². The first-order valence-electron chi connectivity index (χ1n) is 12.0. The zero-order valence-corrected chi connectivity index (χ0v) is 24.4. The van der Waals surface area contributed by atoms with Crippen molar-refractivity contribution in [2.45, 2.75) is 24.3 Å². The molecule has 200 valence electrons. The Morgan fingerprint density at radius 3 is 2.68 bits per heavy atom. The van der Waals surface area contributed by atoms with Crippen LogP contribution < -0.4 is 15.0 Å². The molecule has 3 aliphatic rings. The molecule has 0 spiro atoms. The minimum Gasteiger partial charge on any atom is -0.489 e. The van der Waals surface area contributed by atoms with E-state index in [4.69, 9.17) is 12.0 Å². The number of fused-ring (bicyclic) bond motifs is 2. The van der Waals surface area contributed by atoms with Crippen LogP contribution in [0.25, 0.3) is 10.9 Å². The first-order chi connectivity index (χ1) is 18.5. The lowest BCUT2D eigenvalue weighted by Crippen LogP contribution is -2.52. The molecule has 3 aliphatic heterocycles. The van der Waals surface area contributed by atoms with Gasteiger partial charge in [0.15, 0.2) is 0 Å². The second-order valence-electron chi connectivity index (χ2n) is 8.98. The van der Waals surface area contributed by atoms with Crippen LogP contribution in [-0.4, -0.2) is 64.4 Å². The summed E-state index contributed by atoms with van der Waals surface area (Å²) in [6.45, 7) is 6.81. The summed E-state index contributed by atoms with van der Waals surface area (Å²) in [5.41, 5.74) is 4.16. The van der Waals surface area contributed by atoms with Crippen LogP contribution in [0.2, 0.25) is 0 Å². The minimum atomic E-state index is -1.20. The molecule has 2 aromatic carbocycles. The highest BCUT2D eigenvalue weighted by atomic mass is 127.